The third-order valence-corrected chi connectivity index (χ3v) is 3.03. The first-order valence-electron chi connectivity index (χ1n) is 5.41. The van der Waals surface area contributed by atoms with Gasteiger partial charge in [-0.05, 0) is 26.2 Å². The van der Waals surface area contributed by atoms with Gasteiger partial charge in [-0.15, -0.1) is 0 Å². The van der Waals surface area contributed by atoms with Crippen LogP contribution in [0, 0.1) is 6.92 Å². The Morgan fingerprint density at radius 3 is 2.80 bits per heavy atom. The SMILES string of the molecule is Cc1nc(C2CC2)nc2c1CCC(=O)N2. The van der Waals surface area contributed by atoms with Crippen LogP contribution in [0.4, 0.5) is 5.82 Å². The summed E-state index contributed by atoms with van der Waals surface area (Å²) in [5.74, 6) is 2.27. The zero-order valence-corrected chi connectivity index (χ0v) is 8.71. The van der Waals surface area contributed by atoms with Gasteiger partial charge in [0.2, 0.25) is 5.91 Å². The van der Waals surface area contributed by atoms with Gasteiger partial charge in [-0.2, -0.15) is 0 Å². The number of nitrogens with one attached hydrogen (secondary N) is 1. The second-order valence-electron chi connectivity index (χ2n) is 4.32. The van der Waals surface area contributed by atoms with Crippen molar-refractivity contribution in [1.29, 1.82) is 0 Å². The van der Waals surface area contributed by atoms with Gasteiger partial charge in [0.25, 0.3) is 0 Å². The monoisotopic (exact) mass is 203 g/mol. The van der Waals surface area contributed by atoms with Crippen LogP contribution in [0.2, 0.25) is 0 Å². The van der Waals surface area contributed by atoms with Gasteiger partial charge in [-0.3, -0.25) is 4.79 Å². The number of amides is 1. The lowest BCUT2D eigenvalue weighted by Gasteiger charge is -2.18. The van der Waals surface area contributed by atoms with Crippen LogP contribution in [-0.2, 0) is 11.2 Å². The molecule has 2 aliphatic rings. The van der Waals surface area contributed by atoms with Crippen LogP contribution in [0.1, 0.15) is 42.3 Å². The predicted molar refractivity (Wildman–Crippen MR) is 55.7 cm³/mol. The standard InChI is InChI=1S/C11H13N3O/c1-6-8-4-5-9(15)13-11(8)14-10(12-6)7-2-3-7/h7H,2-5H2,1H3,(H,12,13,14,15). The van der Waals surface area contributed by atoms with Crippen LogP contribution in [0.3, 0.4) is 0 Å². The minimum Gasteiger partial charge on any atom is -0.310 e. The number of rotatable bonds is 1. The summed E-state index contributed by atoms with van der Waals surface area (Å²) in [7, 11) is 0. The summed E-state index contributed by atoms with van der Waals surface area (Å²) in [5, 5.41) is 2.83. The minimum atomic E-state index is 0.0716. The Bertz CT molecular complexity index is 438. The summed E-state index contributed by atoms with van der Waals surface area (Å²) >= 11 is 0. The molecule has 1 fully saturated rings. The molecule has 1 aliphatic carbocycles. The smallest absolute Gasteiger partial charge is 0.225 e. The van der Waals surface area contributed by atoms with Crippen molar-refractivity contribution in [2.45, 2.75) is 38.5 Å². The van der Waals surface area contributed by atoms with E-state index in [1.54, 1.807) is 0 Å². The third kappa shape index (κ3) is 1.50. The molecule has 1 aromatic rings. The lowest BCUT2D eigenvalue weighted by Crippen LogP contribution is -2.22. The molecule has 1 aromatic heterocycles. The van der Waals surface area contributed by atoms with Gasteiger partial charge in [0.15, 0.2) is 0 Å². The topological polar surface area (TPSA) is 54.9 Å². The van der Waals surface area contributed by atoms with Crippen molar-refractivity contribution in [3.8, 4) is 0 Å². The van der Waals surface area contributed by atoms with Gasteiger partial charge in [0.05, 0.1) is 0 Å². The highest BCUT2D eigenvalue weighted by Gasteiger charge is 2.29. The molecule has 1 amide bonds. The molecule has 0 unspecified atom stereocenters. The number of anilines is 1. The number of nitrogens with zero attached hydrogens (tertiary/aromatic N) is 2. The first-order chi connectivity index (χ1) is 7.24. The molecule has 4 nitrogen and oxygen atoms in total. The van der Waals surface area contributed by atoms with E-state index in [1.807, 2.05) is 6.92 Å². The summed E-state index contributed by atoms with van der Waals surface area (Å²) in [4.78, 5) is 20.2. The van der Waals surface area contributed by atoms with Gasteiger partial charge in [-0.1, -0.05) is 0 Å². The molecular formula is C11H13N3O. The molecule has 0 radical (unpaired) electrons. The maximum absolute atomic E-state index is 11.3. The van der Waals surface area contributed by atoms with Crippen molar-refractivity contribution >= 4 is 11.7 Å². The van der Waals surface area contributed by atoms with E-state index in [9.17, 15) is 4.79 Å². The Hall–Kier alpha value is -1.45. The van der Waals surface area contributed by atoms with Gasteiger partial charge in [-0.25, -0.2) is 9.97 Å². The van der Waals surface area contributed by atoms with Gasteiger partial charge in [0.1, 0.15) is 11.6 Å². The Balaban J connectivity index is 2.06. The second-order valence-corrected chi connectivity index (χ2v) is 4.32. The largest absolute Gasteiger partial charge is 0.310 e. The maximum Gasteiger partial charge on any atom is 0.225 e. The Morgan fingerprint density at radius 1 is 1.27 bits per heavy atom. The van der Waals surface area contributed by atoms with E-state index in [1.165, 1.54) is 12.8 Å². The highest BCUT2D eigenvalue weighted by molar-refractivity contribution is 5.92. The first kappa shape index (κ1) is 8.83. The second kappa shape index (κ2) is 3.02. The van der Waals surface area contributed by atoms with Crippen LogP contribution in [-0.4, -0.2) is 15.9 Å². The van der Waals surface area contributed by atoms with Crippen LogP contribution >= 0.6 is 0 Å². The van der Waals surface area contributed by atoms with Crippen molar-refractivity contribution in [1.82, 2.24) is 9.97 Å². The summed E-state index contributed by atoms with van der Waals surface area (Å²) in [5.41, 5.74) is 2.14. The predicted octanol–water partition coefficient (Wildman–Crippen LogP) is 1.55. The number of fused-ring (bicyclic) bond motifs is 1. The van der Waals surface area contributed by atoms with Crippen LogP contribution < -0.4 is 5.32 Å². The van der Waals surface area contributed by atoms with Crippen LogP contribution in [0.15, 0.2) is 0 Å². The van der Waals surface area contributed by atoms with Crippen LogP contribution in [0.25, 0.3) is 0 Å². The fourth-order valence-electron chi connectivity index (χ4n) is 1.98. The molecular weight excluding hydrogens is 190 g/mol. The lowest BCUT2D eigenvalue weighted by atomic mass is 10.1. The van der Waals surface area contributed by atoms with E-state index in [2.05, 4.69) is 15.3 Å². The summed E-state index contributed by atoms with van der Waals surface area (Å²) in [6, 6.07) is 0. The van der Waals surface area contributed by atoms with Crippen molar-refractivity contribution < 1.29 is 4.79 Å². The quantitative estimate of drug-likeness (QED) is 0.753. The third-order valence-electron chi connectivity index (χ3n) is 3.03. The molecule has 15 heavy (non-hydrogen) atoms. The summed E-state index contributed by atoms with van der Waals surface area (Å²) < 4.78 is 0. The van der Waals surface area contributed by atoms with Gasteiger partial charge >= 0.3 is 0 Å². The van der Waals surface area contributed by atoms with Gasteiger partial charge in [0, 0.05) is 23.6 Å². The normalized spacial score (nSPS) is 19.7. The number of aromatic nitrogens is 2. The van der Waals surface area contributed by atoms with Crippen molar-refractivity contribution in [2.75, 3.05) is 5.32 Å². The molecule has 0 bridgehead atoms. The molecule has 3 rings (SSSR count). The number of hydrogen-bond donors (Lipinski definition) is 1. The summed E-state index contributed by atoms with van der Waals surface area (Å²) in [6.45, 7) is 2.00. The van der Waals surface area contributed by atoms with E-state index in [4.69, 9.17) is 0 Å². The van der Waals surface area contributed by atoms with E-state index < -0.39 is 0 Å². The molecule has 4 heteroatoms. The molecule has 0 aromatic carbocycles. The fraction of sp³-hybridized carbons (Fsp3) is 0.545. The molecule has 1 N–H and O–H groups in total. The highest BCUT2D eigenvalue weighted by atomic mass is 16.1. The minimum absolute atomic E-state index is 0.0716. The molecule has 0 spiro atoms. The van der Waals surface area contributed by atoms with Crippen molar-refractivity contribution in [2.24, 2.45) is 0 Å². The van der Waals surface area contributed by atoms with Crippen molar-refractivity contribution in [3.05, 3.63) is 17.1 Å². The Kier molecular flexibility index (Phi) is 1.78. The number of aryl methyl sites for hydroxylation is 1. The van der Waals surface area contributed by atoms with Crippen molar-refractivity contribution in [3.63, 3.8) is 0 Å². The van der Waals surface area contributed by atoms with E-state index in [-0.39, 0.29) is 5.91 Å². The van der Waals surface area contributed by atoms with Crippen LogP contribution in [0.5, 0.6) is 0 Å². The Morgan fingerprint density at radius 2 is 2.07 bits per heavy atom. The first-order valence-corrected chi connectivity index (χ1v) is 5.41. The van der Waals surface area contributed by atoms with E-state index >= 15 is 0 Å². The average molecular weight is 203 g/mol. The zero-order valence-electron chi connectivity index (χ0n) is 8.71. The highest BCUT2D eigenvalue weighted by Crippen LogP contribution is 2.39. The number of carbonyl (C=O) groups is 1. The molecule has 78 valence electrons. The Labute approximate surface area is 88.1 Å². The van der Waals surface area contributed by atoms with E-state index in [0.717, 1.165) is 29.3 Å². The average Bonchev–Trinajstić information content (AvgIpc) is 2.99. The number of carbonyl (C=O) groups excluding carboxylic acids is 1. The van der Waals surface area contributed by atoms with E-state index in [0.29, 0.717) is 12.3 Å². The van der Waals surface area contributed by atoms with Gasteiger partial charge < -0.3 is 5.32 Å². The fourth-order valence-corrected chi connectivity index (χ4v) is 1.98. The lowest BCUT2D eigenvalue weighted by molar-refractivity contribution is -0.116. The summed E-state index contributed by atoms with van der Waals surface area (Å²) in [6.07, 6.45) is 3.70. The maximum atomic E-state index is 11.3. The molecule has 1 saturated carbocycles. The molecule has 0 atom stereocenters. The molecule has 1 aliphatic heterocycles. The zero-order chi connectivity index (χ0) is 10.4. The molecule has 0 saturated heterocycles. The molecule has 2 heterocycles. The number of hydrogen-bond acceptors (Lipinski definition) is 3.